The van der Waals surface area contributed by atoms with Crippen molar-refractivity contribution in [2.45, 2.75) is 34.7 Å². The van der Waals surface area contributed by atoms with Gasteiger partial charge in [0.25, 0.3) is 0 Å². The number of amides is 1. The molecule has 1 heterocycles. The van der Waals surface area contributed by atoms with Crippen molar-refractivity contribution < 1.29 is 9.53 Å². The topological polar surface area (TPSA) is 64.1 Å². The van der Waals surface area contributed by atoms with E-state index < -0.39 is 0 Å². The van der Waals surface area contributed by atoms with Gasteiger partial charge in [0.1, 0.15) is 5.75 Å². The van der Waals surface area contributed by atoms with Crippen molar-refractivity contribution in [3.05, 3.63) is 36.4 Å². The maximum atomic E-state index is 12.3. The molecule has 0 spiro atoms. The summed E-state index contributed by atoms with van der Waals surface area (Å²) < 4.78 is 7.07. The van der Waals surface area contributed by atoms with E-state index >= 15 is 0 Å². The van der Waals surface area contributed by atoms with Gasteiger partial charge in [-0.15, -0.1) is 10.2 Å². The molecule has 0 aliphatic heterocycles. The fourth-order valence-corrected chi connectivity index (χ4v) is 4.75. The van der Waals surface area contributed by atoms with E-state index in [1.807, 2.05) is 45.0 Å². The molecule has 0 bridgehead atoms. The zero-order valence-electron chi connectivity index (χ0n) is 14.4. The maximum absolute atomic E-state index is 12.3. The van der Waals surface area contributed by atoms with Gasteiger partial charge in [-0.25, -0.2) is 0 Å². The molecule has 1 atom stereocenters. The third-order valence-corrected chi connectivity index (χ3v) is 6.38. The standard InChI is InChI=1S/C17H21N3O2S3/c1-5-22-14-8-6-13(7-9-14)18-15(21)12(4)24-17-20-19-16(25-17)23-10-11(2)3/h6-9,12H,2,5,10H2,1,3-4H3,(H,18,21)/t12-/m0/s1. The van der Waals surface area contributed by atoms with Crippen LogP contribution in [0.2, 0.25) is 0 Å². The Morgan fingerprint density at radius 2 is 2.00 bits per heavy atom. The van der Waals surface area contributed by atoms with Crippen LogP contribution in [0.3, 0.4) is 0 Å². The van der Waals surface area contributed by atoms with Gasteiger partial charge in [0.15, 0.2) is 8.68 Å². The molecule has 0 saturated heterocycles. The number of hydrogen-bond donors (Lipinski definition) is 1. The van der Waals surface area contributed by atoms with E-state index in [0.29, 0.717) is 6.61 Å². The Balaban J connectivity index is 1.86. The maximum Gasteiger partial charge on any atom is 0.237 e. The molecule has 0 aliphatic rings. The molecule has 0 radical (unpaired) electrons. The molecule has 0 aliphatic carbocycles. The number of ether oxygens (including phenoxy) is 1. The van der Waals surface area contributed by atoms with Gasteiger partial charge in [0.05, 0.1) is 11.9 Å². The van der Waals surface area contributed by atoms with Gasteiger partial charge in [-0.3, -0.25) is 4.79 Å². The summed E-state index contributed by atoms with van der Waals surface area (Å²) in [6, 6.07) is 7.34. The predicted octanol–water partition coefficient (Wildman–Crippen LogP) is 4.72. The molecule has 134 valence electrons. The number of rotatable bonds is 9. The van der Waals surface area contributed by atoms with Gasteiger partial charge < -0.3 is 10.1 Å². The quantitative estimate of drug-likeness (QED) is 0.489. The average molecular weight is 396 g/mol. The third-order valence-electron chi connectivity index (χ3n) is 2.91. The summed E-state index contributed by atoms with van der Waals surface area (Å²) in [5.74, 6) is 1.55. The second kappa shape index (κ2) is 9.84. The van der Waals surface area contributed by atoms with Crippen LogP contribution in [-0.4, -0.2) is 33.7 Å². The summed E-state index contributed by atoms with van der Waals surface area (Å²) in [6.07, 6.45) is 0. The van der Waals surface area contributed by atoms with E-state index in [4.69, 9.17) is 4.74 Å². The van der Waals surface area contributed by atoms with Crippen LogP contribution in [-0.2, 0) is 4.79 Å². The first-order valence-electron chi connectivity index (χ1n) is 7.79. The number of hydrogen-bond acceptors (Lipinski definition) is 7. The van der Waals surface area contributed by atoms with Crippen LogP contribution in [0.15, 0.2) is 45.1 Å². The summed E-state index contributed by atoms with van der Waals surface area (Å²) in [7, 11) is 0. The van der Waals surface area contributed by atoms with Crippen molar-refractivity contribution in [2.75, 3.05) is 17.7 Å². The zero-order chi connectivity index (χ0) is 18.2. The first kappa shape index (κ1) is 19.8. The molecular formula is C17H21N3O2S3. The lowest BCUT2D eigenvalue weighted by atomic mass is 10.3. The van der Waals surface area contributed by atoms with Crippen molar-refractivity contribution in [3.63, 3.8) is 0 Å². The van der Waals surface area contributed by atoms with E-state index in [1.54, 1.807) is 11.8 Å². The van der Waals surface area contributed by atoms with Crippen LogP contribution in [0, 0.1) is 0 Å². The van der Waals surface area contributed by atoms with Gasteiger partial charge in [0.2, 0.25) is 5.91 Å². The number of anilines is 1. The smallest absolute Gasteiger partial charge is 0.237 e. The molecule has 5 nitrogen and oxygen atoms in total. The number of carbonyl (C=O) groups is 1. The van der Waals surface area contributed by atoms with Crippen LogP contribution >= 0.6 is 34.9 Å². The van der Waals surface area contributed by atoms with Crippen molar-refractivity contribution in [1.29, 1.82) is 0 Å². The second-order valence-electron chi connectivity index (χ2n) is 5.29. The molecule has 1 N–H and O–H groups in total. The molecule has 0 unspecified atom stereocenters. The number of carbonyl (C=O) groups excluding carboxylic acids is 1. The lowest BCUT2D eigenvalue weighted by Gasteiger charge is -2.11. The van der Waals surface area contributed by atoms with Crippen LogP contribution in [0.25, 0.3) is 0 Å². The number of nitrogens with one attached hydrogen (secondary N) is 1. The molecule has 2 aromatic rings. The first-order valence-corrected chi connectivity index (χ1v) is 10.5. The Hall–Kier alpha value is -1.51. The monoisotopic (exact) mass is 395 g/mol. The molecule has 0 saturated carbocycles. The lowest BCUT2D eigenvalue weighted by molar-refractivity contribution is -0.115. The molecule has 2 rings (SSSR count). The Bertz CT molecular complexity index is 716. The number of thioether (sulfide) groups is 2. The SMILES string of the molecule is C=C(C)CSc1nnc(S[C@@H](C)C(=O)Nc2ccc(OCC)cc2)s1. The fraction of sp³-hybridized carbons (Fsp3) is 0.353. The van der Waals surface area contributed by atoms with Gasteiger partial charge in [-0.05, 0) is 45.0 Å². The molecule has 25 heavy (non-hydrogen) atoms. The van der Waals surface area contributed by atoms with E-state index in [0.717, 1.165) is 31.4 Å². The van der Waals surface area contributed by atoms with Crippen LogP contribution in [0.5, 0.6) is 5.75 Å². The second-order valence-corrected chi connectivity index (χ2v) is 9.07. The Labute approximate surface area is 160 Å². The number of aromatic nitrogens is 2. The van der Waals surface area contributed by atoms with Crippen molar-refractivity contribution >= 4 is 46.5 Å². The Morgan fingerprint density at radius 3 is 2.64 bits per heavy atom. The molecule has 1 aromatic carbocycles. The van der Waals surface area contributed by atoms with Gasteiger partial charge in [-0.2, -0.15) is 0 Å². The summed E-state index contributed by atoms with van der Waals surface area (Å²) in [6.45, 7) is 10.3. The minimum Gasteiger partial charge on any atom is -0.494 e. The summed E-state index contributed by atoms with van der Waals surface area (Å²) in [4.78, 5) is 12.3. The molecule has 1 amide bonds. The van der Waals surface area contributed by atoms with Crippen LogP contribution < -0.4 is 10.1 Å². The Morgan fingerprint density at radius 1 is 1.32 bits per heavy atom. The zero-order valence-corrected chi connectivity index (χ0v) is 16.9. The van der Waals surface area contributed by atoms with Crippen LogP contribution in [0.4, 0.5) is 5.69 Å². The van der Waals surface area contributed by atoms with Crippen molar-refractivity contribution in [3.8, 4) is 5.75 Å². The third kappa shape index (κ3) is 6.72. The highest BCUT2D eigenvalue weighted by Gasteiger charge is 2.17. The van der Waals surface area contributed by atoms with E-state index in [-0.39, 0.29) is 11.2 Å². The van der Waals surface area contributed by atoms with E-state index in [2.05, 4.69) is 22.1 Å². The minimum atomic E-state index is -0.265. The van der Waals surface area contributed by atoms with Gasteiger partial charge in [0, 0.05) is 11.4 Å². The molecule has 1 aromatic heterocycles. The molecular weight excluding hydrogens is 374 g/mol. The predicted molar refractivity (Wildman–Crippen MR) is 107 cm³/mol. The summed E-state index contributed by atoms with van der Waals surface area (Å²) in [5.41, 5.74) is 1.84. The summed E-state index contributed by atoms with van der Waals surface area (Å²) in [5, 5.41) is 10.9. The van der Waals surface area contributed by atoms with E-state index in [1.165, 1.54) is 23.1 Å². The van der Waals surface area contributed by atoms with Crippen molar-refractivity contribution in [2.24, 2.45) is 0 Å². The lowest BCUT2D eigenvalue weighted by Crippen LogP contribution is -2.22. The van der Waals surface area contributed by atoms with Gasteiger partial charge >= 0.3 is 0 Å². The fourth-order valence-electron chi connectivity index (χ4n) is 1.74. The largest absolute Gasteiger partial charge is 0.494 e. The summed E-state index contributed by atoms with van der Waals surface area (Å²) >= 11 is 4.52. The van der Waals surface area contributed by atoms with Gasteiger partial charge in [-0.1, -0.05) is 47.0 Å². The molecule has 8 heteroatoms. The van der Waals surface area contributed by atoms with E-state index in [9.17, 15) is 4.79 Å². The minimum absolute atomic E-state index is 0.0690. The van der Waals surface area contributed by atoms with Crippen LogP contribution in [0.1, 0.15) is 20.8 Å². The highest BCUT2D eigenvalue weighted by Crippen LogP contribution is 2.32. The molecule has 0 fully saturated rings. The average Bonchev–Trinajstić information content (AvgIpc) is 3.02. The first-order chi connectivity index (χ1) is 12.0. The Kier molecular flexibility index (Phi) is 7.80. The normalized spacial score (nSPS) is 11.8. The number of nitrogens with zero attached hydrogens (tertiary/aromatic N) is 2. The number of benzene rings is 1. The highest BCUT2D eigenvalue weighted by molar-refractivity contribution is 8.04. The highest BCUT2D eigenvalue weighted by atomic mass is 32.2. The van der Waals surface area contributed by atoms with Crippen molar-refractivity contribution in [1.82, 2.24) is 10.2 Å².